The first-order chi connectivity index (χ1) is 5.77. The quantitative estimate of drug-likeness (QED) is 0.703. The summed E-state index contributed by atoms with van der Waals surface area (Å²) in [5.41, 5.74) is 6.38. The summed E-state index contributed by atoms with van der Waals surface area (Å²) in [6.07, 6.45) is 0.902. The van der Waals surface area contributed by atoms with Crippen LogP contribution in [-0.4, -0.2) is 12.5 Å². The third kappa shape index (κ3) is 1.23. The molecule has 4 heteroatoms. The van der Waals surface area contributed by atoms with Crippen LogP contribution in [0.25, 0.3) is 0 Å². The molecule has 64 valence electrons. The van der Waals surface area contributed by atoms with Gasteiger partial charge in [-0.05, 0) is 18.1 Å². The van der Waals surface area contributed by atoms with Crippen molar-refractivity contribution in [2.24, 2.45) is 5.73 Å². The van der Waals surface area contributed by atoms with Crippen LogP contribution in [0.1, 0.15) is 20.1 Å². The van der Waals surface area contributed by atoms with Crippen LogP contribution in [0.4, 0.5) is 0 Å². The number of nitrogens with two attached hydrogens (primary N) is 1. The number of rotatable bonds is 1. The van der Waals surface area contributed by atoms with Crippen LogP contribution in [0.2, 0.25) is 0 Å². The molecule has 0 radical (unpaired) electrons. The van der Waals surface area contributed by atoms with Gasteiger partial charge in [-0.1, -0.05) is 0 Å². The number of carbonyl (C=O) groups is 1. The van der Waals surface area contributed by atoms with Crippen LogP contribution in [0.5, 0.6) is 0 Å². The number of primary amides is 1. The average molecular weight is 183 g/mol. The summed E-state index contributed by atoms with van der Waals surface area (Å²) >= 11 is 1.44. The third-order valence-electron chi connectivity index (χ3n) is 1.89. The van der Waals surface area contributed by atoms with E-state index < -0.39 is 0 Å². The Kier molecular flexibility index (Phi) is 1.86. The summed E-state index contributed by atoms with van der Waals surface area (Å²) in [5.74, 6) is -0.339. The van der Waals surface area contributed by atoms with Gasteiger partial charge < -0.3 is 10.5 Å². The van der Waals surface area contributed by atoms with Gasteiger partial charge in [-0.15, -0.1) is 11.3 Å². The predicted octanol–water partition coefficient (Wildman–Crippen LogP) is 0.920. The Hall–Kier alpha value is -0.870. The van der Waals surface area contributed by atoms with Crippen molar-refractivity contribution in [1.29, 1.82) is 0 Å². The van der Waals surface area contributed by atoms with Crippen molar-refractivity contribution in [2.75, 3.05) is 6.61 Å². The van der Waals surface area contributed by atoms with Crippen LogP contribution >= 0.6 is 11.3 Å². The Morgan fingerprint density at radius 3 is 3.17 bits per heavy atom. The summed E-state index contributed by atoms with van der Waals surface area (Å²) in [6, 6.07) is 1.88. The van der Waals surface area contributed by atoms with Gasteiger partial charge in [0, 0.05) is 4.88 Å². The highest BCUT2D eigenvalue weighted by Gasteiger charge is 2.15. The number of amides is 1. The van der Waals surface area contributed by atoms with E-state index in [9.17, 15) is 4.79 Å². The lowest BCUT2D eigenvalue weighted by molar-refractivity contribution is 0.100. The molecule has 2 rings (SSSR count). The Bertz CT molecular complexity index is 295. The highest BCUT2D eigenvalue weighted by Crippen LogP contribution is 2.26. The topological polar surface area (TPSA) is 52.3 Å². The van der Waals surface area contributed by atoms with Gasteiger partial charge in [-0.3, -0.25) is 4.79 Å². The largest absolute Gasteiger partial charge is 0.376 e. The lowest BCUT2D eigenvalue weighted by Gasteiger charge is -2.10. The van der Waals surface area contributed by atoms with E-state index in [4.69, 9.17) is 10.5 Å². The van der Waals surface area contributed by atoms with Gasteiger partial charge in [0.15, 0.2) is 0 Å². The summed E-state index contributed by atoms with van der Waals surface area (Å²) in [5, 5.41) is 0. The van der Waals surface area contributed by atoms with Gasteiger partial charge in [-0.25, -0.2) is 0 Å². The van der Waals surface area contributed by atoms with Crippen molar-refractivity contribution < 1.29 is 9.53 Å². The molecule has 1 aromatic rings. The van der Waals surface area contributed by atoms with E-state index in [1.165, 1.54) is 16.9 Å². The lowest BCUT2D eigenvalue weighted by Crippen LogP contribution is -2.08. The molecule has 2 N–H and O–H groups in total. The number of hydrogen-bond acceptors (Lipinski definition) is 3. The molecule has 1 aliphatic rings. The Balaban J connectivity index is 2.38. The normalized spacial score (nSPS) is 15.7. The molecule has 3 nitrogen and oxygen atoms in total. The van der Waals surface area contributed by atoms with Crippen molar-refractivity contribution in [3.05, 3.63) is 21.4 Å². The number of fused-ring (bicyclic) bond motifs is 1. The van der Waals surface area contributed by atoms with E-state index in [-0.39, 0.29) is 5.91 Å². The minimum Gasteiger partial charge on any atom is -0.376 e. The zero-order chi connectivity index (χ0) is 8.55. The Morgan fingerprint density at radius 1 is 1.67 bits per heavy atom. The van der Waals surface area contributed by atoms with Gasteiger partial charge in [-0.2, -0.15) is 0 Å². The van der Waals surface area contributed by atoms with E-state index in [0.717, 1.165) is 17.9 Å². The first-order valence-electron chi connectivity index (χ1n) is 3.76. The highest BCUT2D eigenvalue weighted by atomic mass is 32.1. The molecule has 0 saturated heterocycles. The van der Waals surface area contributed by atoms with Gasteiger partial charge >= 0.3 is 0 Å². The van der Waals surface area contributed by atoms with E-state index >= 15 is 0 Å². The van der Waals surface area contributed by atoms with Gasteiger partial charge in [0.1, 0.15) is 0 Å². The summed E-state index contributed by atoms with van der Waals surface area (Å²) in [4.78, 5) is 12.6. The van der Waals surface area contributed by atoms with Crippen molar-refractivity contribution in [2.45, 2.75) is 13.0 Å². The van der Waals surface area contributed by atoms with Gasteiger partial charge in [0.05, 0.1) is 18.1 Å². The molecular formula is C8H9NO2S. The van der Waals surface area contributed by atoms with Gasteiger partial charge in [0.2, 0.25) is 0 Å². The van der Waals surface area contributed by atoms with Crippen LogP contribution in [-0.2, 0) is 17.8 Å². The first kappa shape index (κ1) is 7.76. The fourth-order valence-corrected chi connectivity index (χ4v) is 2.27. The Labute approximate surface area is 74.1 Å². The van der Waals surface area contributed by atoms with Crippen LogP contribution < -0.4 is 5.73 Å². The van der Waals surface area contributed by atoms with E-state index in [2.05, 4.69) is 0 Å². The molecule has 2 heterocycles. The van der Waals surface area contributed by atoms with Crippen LogP contribution in [0.15, 0.2) is 6.07 Å². The molecule has 0 bridgehead atoms. The molecule has 1 aliphatic heterocycles. The van der Waals surface area contributed by atoms with Crippen LogP contribution in [0, 0.1) is 0 Å². The second-order valence-corrected chi connectivity index (χ2v) is 3.86. The van der Waals surface area contributed by atoms with E-state index in [1.54, 1.807) is 0 Å². The van der Waals surface area contributed by atoms with Gasteiger partial charge in [0.25, 0.3) is 5.91 Å². The smallest absolute Gasteiger partial charge is 0.258 e. The molecule has 0 aromatic carbocycles. The molecule has 0 aliphatic carbocycles. The zero-order valence-electron chi connectivity index (χ0n) is 6.50. The van der Waals surface area contributed by atoms with E-state index in [0.29, 0.717) is 11.5 Å². The fraction of sp³-hybridized carbons (Fsp3) is 0.375. The minimum atomic E-state index is -0.339. The number of thiophene rings is 1. The molecular weight excluding hydrogens is 174 g/mol. The standard InChI is InChI=1S/C8H9NO2S/c9-8(10)6-3-5-1-2-11-4-7(5)12-6/h3H,1-2,4H2,(H2,9,10). The highest BCUT2D eigenvalue weighted by molar-refractivity contribution is 7.14. The molecule has 0 fully saturated rings. The van der Waals surface area contributed by atoms with Crippen molar-refractivity contribution >= 4 is 17.2 Å². The molecule has 0 saturated carbocycles. The molecule has 0 atom stereocenters. The SMILES string of the molecule is NC(=O)c1cc2c(s1)COCC2. The molecule has 0 spiro atoms. The second kappa shape index (κ2) is 2.88. The number of carbonyl (C=O) groups excluding carboxylic acids is 1. The first-order valence-corrected chi connectivity index (χ1v) is 4.58. The van der Waals surface area contributed by atoms with E-state index in [1.807, 2.05) is 6.07 Å². The fourth-order valence-electron chi connectivity index (χ4n) is 1.27. The molecule has 0 unspecified atom stereocenters. The second-order valence-electron chi connectivity index (χ2n) is 2.73. The van der Waals surface area contributed by atoms with Crippen molar-refractivity contribution in [3.8, 4) is 0 Å². The summed E-state index contributed by atoms with van der Waals surface area (Å²) < 4.78 is 5.25. The average Bonchev–Trinajstić information content (AvgIpc) is 2.46. The maximum atomic E-state index is 10.8. The monoisotopic (exact) mass is 183 g/mol. The molecule has 1 amide bonds. The summed E-state index contributed by atoms with van der Waals surface area (Å²) in [6.45, 7) is 1.38. The predicted molar refractivity (Wildman–Crippen MR) is 46.2 cm³/mol. The third-order valence-corrected chi connectivity index (χ3v) is 3.05. The van der Waals surface area contributed by atoms with Crippen molar-refractivity contribution in [1.82, 2.24) is 0 Å². The number of ether oxygens (including phenoxy) is 1. The zero-order valence-corrected chi connectivity index (χ0v) is 7.32. The minimum absolute atomic E-state index is 0.339. The lowest BCUT2D eigenvalue weighted by atomic mass is 10.1. The van der Waals surface area contributed by atoms with Crippen molar-refractivity contribution in [3.63, 3.8) is 0 Å². The summed E-state index contributed by atoms with van der Waals surface area (Å²) in [7, 11) is 0. The molecule has 12 heavy (non-hydrogen) atoms. The maximum absolute atomic E-state index is 10.8. The maximum Gasteiger partial charge on any atom is 0.258 e. The van der Waals surface area contributed by atoms with Crippen LogP contribution in [0.3, 0.4) is 0 Å². The Morgan fingerprint density at radius 2 is 2.50 bits per heavy atom. The number of hydrogen-bond donors (Lipinski definition) is 1. The molecule has 1 aromatic heterocycles.